The molecule has 0 unspecified atom stereocenters. The predicted octanol–water partition coefficient (Wildman–Crippen LogP) is 2.97. The van der Waals surface area contributed by atoms with Crippen LogP contribution in [0.2, 0.25) is 0 Å². The summed E-state index contributed by atoms with van der Waals surface area (Å²) in [7, 11) is 0. The summed E-state index contributed by atoms with van der Waals surface area (Å²) >= 11 is 3.35. The van der Waals surface area contributed by atoms with Crippen LogP contribution < -0.4 is 16.0 Å². The number of nitrogen functional groups attached to an aromatic ring is 1. The van der Waals surface area contributed by atoms with E-state index in [1.807, 2.05) is 13.0 Å². The Kier molecular flexibility index (Phi) is 4.86. The van der Waals surface area contributed by atoms with Gasteiger partial charge in [0, 0.05) is 17.1 Å². The smallest absolute Gasteiger partial charge is 0.227 e. The Hall–Kier alpha value is -1.73. The minimum Gasteiger partial charge on any atom is -0.437 e. The summed E-state index contributed by atoms with van der Waals surface area (Å²) in [6, 6.07) is 1.82. The molecule has 0 aliphatic rings. The highest BCUT2D eigenvalue weighted by Gasteiger charge is 2.12. The van der Waals surface area contributed by atoms with Crippen LogP contribution >= 0.6 is 15.9 Å². The minimum absolute atomic E-state index is 0.483. The first-order valence-corrected chi connectivity index (χ1v) is 7.06. The number of hydrazine groups is 1. The number of nitrogens with zero attached hydrogens (tertiary/aromatic N) is 3. The van der Waals surface area contributed by atoms with Crippen LogP contribution in [0, 0.1) is 6.92 Å². The maximum absolute atomic E-state index is 5.78. The molecule has 0 aliphatic carbocycles. The van der Waals surface area contributed by atoms with Crippen LogP contribution in [0.4, 0.5) is 5.82 Å². The number of rotatable bonds is 5. The average molecular weight is 338 g/mol. The average Bonchev–Trinajstić information content (AvgIpc) is 2.42. The first-order chi connectivity index (χ1) is 9.63. The molecule has 20 heavy (non-hydrogen) atoms. The zero-order valence-corrected chi connectivity index (χ0v) is 12.9. The van der Waals surface area contributed by atoms with Crippen LogP contribution in [0.5, 0.6) is 11.6 Å². The standard InChI is InChI=1S/C13H16BrN5O/c1-3-4-11-17-12(19-15)8(2)13(18-11)20-10-5-9(14)6-16-7-10/h5-7H,3-4,15H2,1-2H3,(H,17,18,19). The molecule has 0 saturated heterocycles. The Morgan fingerprint density at radius 1 is 1.35 bits per heavy atom. The van der Waals surface area contributed by atoms with Gasteiger partial charge in [0.2, 0.25) is 5.88 Å². The summed E-state index contributed by atoms with van der Waals surface area (Å²) in [5.74, 6) is 7.84. The largest absolute Gasteiger partial charge is 0.437 e. The first kappa shape index (κ1) is 14.7. The molecule has 7 heteroatoms. The molecule has 2 aromatic heterocycles. The van der Waals surface area contributed by atoms with Crippen LogP contribution in [-0.2, 0) is 6.42 Å². The number of nitrogens with one attached hydrogen (secondary N) is 1. The minimum atomic E-state index is 0.483. The first-order valence-electron chi connectivity index (χ1n) is 6.26. The van der Waals surface area contributed by atoms with Crippen molar-refractivity contribution in [3.05, 3.63) is 34.3 Å². The van der Waals surface area contributed by atoms with Crippen molar-refractivity contribution in [1.29, 1.82) is 0 Å². The monoisotopic (exact) mass is 337 g/mol. The summed E-state index contributed by atoms with van der Waals surface area (Å²) in [6.07, 6.45) is 5.03. The van der Waals surface area contributed by atoms with Crippen LogP contribution in [0.25, 0.3) is 0 Å². The Bertz CT molecular complexity index is 605. The third-order valence-corrected chi connectivity index (χ3v) is 3.09. The molecule has 2 rings (SSSR count). The van der Waals surface area contributed by atoms with Gasteiger partial charge in [0.15, 0.2) is 0 Å². The van der Waals surface area contributed by atoms with Gasteiger partial charge < -0.3 is 10.2 Å². The SMILES string of the molecule is CCCc1nc(NN)c(C)c(Oc2cncc(Br)c2)n1. The number of hydrogen-bond donors (Lipinski definition) is 2. The second kappa shape index (κ2) is 6.62. The summed E-state index contributed by atoms with van der Waals surface area (Å²) in [5.41, 5.74) is 3.33. The maximum atomic E-state index is 5.78. The lowest BCUT2D eigenvalue weighted by atomic mass is 10.3. The normalized spacial score (nSPS) is 10.4. The van der Waals surface area contributed by atoms with E-state index in [4.69, 9.17) is 10.6 Å². The van der Waals surface area contributed by atoms with Gasteiger partial charge in [-0.15, -0.1) is 0 Å². The summed E-state index contributed by atoms with van der Waals surface area (Å²) in [4.78, 5) is 12.8. The van der Waals surface area contributed by atoms with Crippen molar-refractivity contribution in [2.45, 2.75) is 26.7 Å². The van der Waals surface area contributed by atoms with E-state index in [1.165, 1.54) is 0 Å². The van der Waals surface area contributed by atoms with Gasteiger partial charge in [-0.05, 0) is 35.3 Å². The number of nitrogens with two attached hydrogens (primary N) is 1. The molecule has 0 radical (unpaired) electrons. The van der Waals surface area contributed by atoms with Crippen molar-refractivity contribution >= 4 is 21.7 Å². The molecule has 3 N–H and O–H groups in total. The Morgan fingerprint density at radius 2 is 2.15 bits per heavy atom. The van der Waals surface area contributed by atoms with E-state index in [-0.39, 0.29) is 0 Å². The number of hydrogen-bond acceptors (Lipinski definition) is 6. The van der Waals surface area contributed by atoms with E-state index >= 15 is 0 Å². The molecule has 0 fully saturated rings. The highest BCUT2D eigenvalue weighted by molar-refractivity contribution is 9.10. The lowest BCUT2D eigenvalue weighted by molar-refractivity contribution is 0.452. The molecule has 0 bridgehead atoms. The van der Waals surface area contributed by atoms with Crippen molar-refractivity contribution in [2.75, 3.05) is 5.43 Å². The second-order valence-electron chi connectivity index (χ2n) is 4.25. The molecule has 2 heterocycles. The molecular formula is C13H16BrN5O. The number of ether oxygens (including phenoxy) is 1. The van der Waals surface area contributed by atoms with Crippen LogP contribution in [-0.4, -0.2) is 15.0 Å². The van der Waals surface area contributed by atoms with Crippen molar-refractivity contribution in [1.82, 2.24) is 15.0 Å². The van der Waals surface area contributed by atoms with E-state index in [2.05, 4.69) is 43.2 Å². The van der Waals surface area contributed by atoms with Crippen LogP contribution in [0.15, 0.2) is 22.9 Å². The van der Waals surface area contributed by atoms with Crippen molar-refractivity contribution < 1.29 is 4.74 Å². The number of halogens is 1. The molecule has 0 atom stereocenters. The number of pyridine rings is 1. The molecule has 6 nitrogen and oxygen atoms in total. The van der Waals surface area contributed by atoms with Gasteiger partial charge in [0.1, 0.15) is 17.4 Å². The second-order valence-corrected chi connectivity index (χ2v) is 5.17. The molecular weight excluding hydrogens is 322 g/mol. The van der Waals surface area contributed by atoms with E-state index in [9.17, 15) is 0 Å². The Morgan fingerprint density at radius 3 is 2.80 bits per heavy atom. The fourth-order valence-corrected chi connectivity index (χ4v) is 2.02. The van der Waals surface area contributed by atoms with Gasteiger partial charge >= 0.3 is 0 Å². The third-order valence-electron chi connectivity index (χ3n) is 2.65. The molecule has 2 aromatic rings. The van der Waals surface area contributed by atoms with Gasteiger partial charge in [-0.1, -0.05) is 6.92 Å². The van der Waals surface area contributed by atoms with Crippen LogP contribution in [0.3, 0.4) is 0 Å². The van der Waals surface area contributed by atoms with Gasteiger partial charge in [-0.25, -0.2) is 10.8 Å². The molecule has 0 saturated carbocycles. The number of aromatic nitrogens is 3. The quantitative estimate of drug-likeness (QED) is 0.644. The van der Waals surface area contributed by atoms with E-state index in [1.54, 1.807) is 12.4 Å². The van der Waals surface area contributed by atoms with Crippen LogP contribution in [0.1, 0.15) is 24.7 Å². The summed E-state index contributed by atoms with van der Waals surface area (Å²) in [6.45, 7) is 3.92. The fourth-order valence-electron chi connectivity index (χ4n) is 1.68. The molecule has 0 amide bonds. The van der Waals surface area contributed by atoms with E-state index in [0.717, 1.165) is 22.9 Å². The fraction of sp³-hybridized carbons (Fsp3) is 0.308. The van der Waals surface area contributed by atoms with Crippen molar-refractivity contribution in [2.24, 2.45) is 5.84 Å². The zero-order valence-electron chi connectivity index (χ0n) is 11.4. The van der Waals surface area contributed by atoms with Gasteiger partial charge in [0.05, 0.1) is 11.8 Å². The lowest BCUT2D eigenvalue weighted by Gasteiger charge is -2.12. The van der Waals surface area contributed by atoms with Gasteiger partial charge in [0.25, 0.3) is 0 Å². The summed E-state index contributed by atoms with van der Waals surface area (Å²) in [5, 5.41) is 0. The van der Waals surface area contributed by atoms with E-state index < -0.39 is 0 Å². The molecule has 0 aliphatic heterocycles. The lowest BCUT2D eigenvalue weighted by Crippen LogP contribution is -2.13. The van der Waals surface area contributed by atoms with Crippen molar-refractivity contribution in [3.63, 3.8) is 0 Å². The third kappa shape index (κ3) is 3.43. The van der Waals surface area contributed by atoms with Gasteiger partial charge in [-0.3, -0.25) is 4.98 Å². The number of anilines is 1. The van der Waals surface area contributed by atoms with Gasteiger partial charge in [-0.2, -0.15) is 4.98 Å². The molecule has 0 aromatic carbocycles. The topological polar surface area (TPSA) is 86.0 Å². The predicted molar refractivity (Wildman–Crippen MR) is 80.6 cm³/mol. The van der Waals surface area contributed by atoms with Crippen molar-refractivity contribution in [3.8, 4) is 11.6 Å². The summed E-state index contributed by atoms with van der Waals surface area (Å²) < 4.78 is 6.62. The Balaban J connectivity index is 2.36. The Labute approximate surface area is 125 Å². The molecule has 0 spiro atoms. The highest BCUT2D eigenvalue weighted by atomic mass is 79.9. The highest BCUT2D eigenvalue weighted by Crippen LogP contribution is 2.27. The zero-order chi connectivity index (χ0) is 14.5. The maximum Gasteiger partial charge on any atom is 0.227 e. The van der Waals surface area contributed by atoms with E-state index in [0.29, 0.717) is 23.3 Å². The molecule has 106 valence electrons. The number of aryl methyl sites for hydroxylation is 1.